The number of hydrogen-bond acceptors (Lipinski definition) is 6. The van der Waals surface area contributed by atoms with Crippen LogP contribution in [0.1, 0.15) is 12.8 Å². The number of nitrogens with one attached hydrogen (secondary N) is 2. The van der Waals surface area contributed by atoms with Crippen LogP contribution in [0.5, 0.6) is 0 Å². The first-order valence-electron chi connectivity index (χ1n) is 10.0. The van der Waals surface area contributed by atoms with Gasteiger partial charge in [-0.25, -0.2) is 24.1 Å². The molecule has 0 aromatic carbocycles. The van der Waals surface area contributed by atoms with Gasteiger partial charge >= 0.3 is 5.97 Å². The van der Waals surface area contributed by atoms with Crippen LogP contribution in [0.15, 0.2) is 36.8 Å². The lowest BCUT2D eigenvalue weighted by Crippen LogP contribution is -2.38. The van der Waals surface area contributed by atoms with Gasteiger partial charge in [-0.1, -0.05) is 17.7 Å². The molecule has 0 saturated carbocycles. The summed E-state index contributed by atoms with van der Waals surface area (Å²) < 4.78 is 14.4. The average molecular weight is 445 g/mol. The van der Waals surface area contributed by atoms with E-state index in [2.05, 4.69) is 30.2 Å². The zero-order valence-corrected chi connectivity index (χ0v) is 17.4. The highest BCUT2D eigenvalue weighted by atomic mass is 35.5. The summed E-state index contributed by atoms with van der Waals surface area (Å²) in [4.78, 5) is 28.6. The molecule has 1 aliphatic rings. The highest BCUT2D eigenvalue weighted by Crippen LogP contribution is 2.28. The first kappa shape index (κ1) is 21.2. The van der Waals surface area contributed by atoms with Crippen molar-refractivity contribution in [2.24, 2.45) is 5.92 Å². The minimum absolute atomic E-state index is 0.150. The third-order valence-electron chi connectivity index (χ3n) is 5.27. The van der Waals surface area contributed by atoms with Crippen LogP contribution in [-0.2, 0) is 4.79 Å². The number of rotatable bonds is 7. The van der Waals surface area contributed by atoms with Gasteiger partial charge in [0.05, 0.1) is 11.2 Å². The van der Waals surface area contributed by atoms with Crippen molar-refractivity contribution in [3.63, 3.8) is 0 Å². The number of aromatic nitrogens is 4. The number of halogens is 2. The van der Waals surface area contributed by atoms with Crippen LogP contribution in [0.4, 0.5) is 10.2 Å². The SMILES string of the molecule is O=C(O)/C=C/CN1CCC[C@@H](CNc2nc(-c3c[nH]c4ncc(Cl)cc34)ncc2F)C1. The number of piperidine rings is 1. The number of nitrogens with zero attached hydrogens (tertiary/aromatic N) is 4. The molecular formula is C21H22ClFN6O2. The van der Waals surface area contributed by atoms with Gasteiger partial charge in [0, 0.05) is 49.1 Å². The molecule has 4 rings (SSSR count). The zero-order valence-electron chi connectivity index (χ0n) is 16.7. The molecule has 1 fully saturated rings. The fourth-order valence-electron chi connectivity index (χ4n) is 3.81. The van der Waals surface area contributed by atoms with Gasteiger partial charge in [-0.15, -0.1) is 0 Å². The first-order chi connectivity index (χ1) is 15.0. The lowest BCUT2D eigenvalue weighted by molar-refractivity contribution is -0.131. The maximum Gasteiger partial charge on any atom is 0.328 e. The van der Waals surface area contributed by atoms with E-state index < -0.39 is 11.8 Å². The maximum atomic E-state index is 14.4. The van der Waals surface area contributed by atoms with E-state index in [1.54, 1.807) is 24.5 Å². The summed E-state index contributed by atoms with van der Waals surface area (Å²) in [6, 6.07) is 1.77. The molecule has 8 nitrogen and oxygen atoms in total. The Hall–Kier alpha value is -3.04. The summed E-state index contributed by atoms with van der Waals surface area (Å²) in [6.07, 6.45) is 9.27. The van der Waals surface area contributed by atoms with Gasteiger partial charge in [0.15, 0.2) is 17.5 Å². The van der Waals surface area contributed by atoms with E-state index in [-0.39, 0.29) is 5.82 Å². The molecule has 4 heterocycles. The summed E-state index contributed by atoms with van der Waals surface area (Å²) in [5, 5.41) is 13.1. The smallest absolute Gasteiger partial charge is 0.328 e. The summed E-state index contributed by atoms with van der Waals surface area (Å²) in [5.74, 6) is -0.628. The number of carboxylic acid groups (broad SMARTS) is 1. The molecular weight excluding hydrogens is 423 g/mol. The molecule has 3 aromatic heterocycles. The number of carbonyl (C=O) groups is 1. The van der Waals surface area contributed by atoms with Crippen molar-refractivity contribution in [1.29, 1.82) is 0 Å². The number of aliphatic carboxylic acids is 1. The average Bonchev–Trinajstić information content (AvgIpc) is 3.16. The van der Waals surface area contributed by atoms with Crippen molar-refractivity contribution in [1.82, 2.24) is 24.8 Å². The Morgan fingerprint density at radius 1 is 1.42 bits per heavy atom. The molecule has 3 N–H and O–H groups in total. The fraction of sp³-hybridized carbons (Fsp3) is 0.333. The van der Waals surface area contributed by atoms with E-state index in [9.17, 15) is 9.18 Å². The zero-order chi connectivity index (χ0) is 21.8. The molecule has 162 valence electrons. The van der Waals surface area contributed by atoms with Gasteiger partial charge < -0.3 is 15.4 Å². The molecule has 1 atom stereocenters. The van der Waals surface area contributed by atoms with Gasteiger partial charge in [-0.05, 0) is 31.4 Å². The Labute approximate surface area is 183 Å². The Morgan fingerprint density at radius 3 is 3.13 bits per heavy atom. The van der Waals surface area contributed by atoms with Crippen molar-refractivity contribution in [3.05, 3.63) is 47.6 Å². The number of aromatic amines is 1. The standard InChI is InChI=1S/C21H22ClFN6O2/c22-14-7-15-16(10-26-19(15)25-9-14)20-27-11-17(23)21(28-20)24-8-13-3-1-5-29(12-13)6-2-4-18(30)31/h2,4,7,9-11,13H,1,3,5-6,8,12H2,(H,25,26)(H,30,31)(H,24,27,28)/b4-2+/t13-/m0/s1. The van der Waals surface area contributed by atoms with Crippen molar-refractivity contribution in [2.75, 3.05) is 31.5 Å². The minimum atomic E-state index is -0.946. The molecule has 0 bridgehead atoms. The summed E-state index contributed by atoms with van der Waals surface area (Å²) in [6.45, 7) is 2.88. The summed E-state index contributed by atoms with van der Waals surface area (Å²) >= 11 is 6.06. The number of anilines is 1. The van der Waals surface area contributed by atoms with Gasteiger partial charge in [-0.2, -0.15) is 0 Å². The Bertz CT molecular complexity index is 1120. The van der Waals surface area contributed by atoms with E-state index in [4.69, 9.17) is 16.7 Å². The van der Waals surface area contributed by atoms with E-state index >= 15 is 0 Å². The highest BCUT2D eigenvalue weighted by Gasteiger charge is 2.20. The molecule has 0 spiro atoms. The van der Waals surface area contributed by atoms with Crippen LogP contribution in [-0.4, -0.2) is 62.1 Å². The van der Waals surface area contributed by atoms with E-state index in [0.717, 1.165) is 43.6 Å². The third kappa shape index (κ3) is 5.18. The van der Waals surface area contributed by atoms with Crippen molar-refractivity contribution >= 4 is 34.4 Å². The van der Waals surface area contributed by atoms with Crippen LogP contribution >= 0.6 is 11.6 Å². The molecule has 0 unspecified atom stereocenters. The largest absolute Gasteiger partial charge is 0.478 e. The molecule has 1 saturated heterocycles. The predicted molar refractivity (Wildman–Crippen MR) is 117 cm³/mol. The lowest BCUT2D eigenvalue weighted by atomic mass is 9.98. The molecule has 0 aliphatic carbocycles. The van der Waals surface area contributed by atoms with Gasteiger partial charge in [0.2, 0.25) is 0 Å². The van der Waals surface area contributed by atoms with E-state index in [1.807, 2.05) is 0 Å². The van der Waals surface area contributed by atoms with Crippen molar-refractivity contribution in [2.45, 2.75) is 12.8 Å². The second-order valence-corrected chi connectivity index (χ2v) is 7.97. The van der Waals surface area contributed by atoms with Crippen LogP contribution in [0.2, 0.25) is 5.02 Å². The summed E-state index contributed by atoms with van der Waals surface area (Å²) in [7, 11) is 0. The van der Waals surface area contributed by atoms with E-state index in [1.165, 1.54) is 0 Å². The number of hydrogen-bond donors (Lipinski definition) is 3. The molecule has 3 aromatic rings. The fourth-order valence-corrected chi connectivity index (χ4v) is 3.97. The molecule has 10 heteroatoms. The van der Waals surface area contributed by atoms with Crippen molar-refractivity contribution in [3.8, 4) is 11.4 Å². The number of pyridine rings is 1. The second-order valence-electron chi connectivity index (χ2n) is 7.53. The number of carboxylic acids is 1. The number of likely N-dealkylation sites (tertiary alicyclic amines) is 1. The third-order valence-corrected chi connectivity index (χ3v) is 5.47. The Kier molecular flexibility index (Phi) is 6.43. The van der Waals surface area contributed by atoms with Crippen LogP contribution in [0, 0.1) is 11.7 Å². The molecule has 31 heavy (non-hydrogen) atoms. The van der Waals surface area contributed by atoms with Gasteiger partial charge in [-0.3, -0.25) is 4.90 Å². The monoisotopic (exact) mass is 444 g/mol. The molecule has 0 amide bonds. The Morgan fingerprint density at radius 2 is 2.29 bits per heavy atom. The summed E-state index contributed by atoms with van der Waals surface area (Å²) in [5.41, 5.74) is 1.35. The van der Waals surface area contributed by atoms with Crippen LogP contribution in [0.25, 0.3) is 22.4 Å². The number of fused-ring (bicyclic) bond motifs is 1. The maximum absolute atomic E-state index is 14.4. The van der Waals surface area contributed by atoms with Gasteiger partial charge in [0.1, 0.15) is 5.65 Å². The van der Waals surface area contributed by atoms with Crippen LogP contribution in [0.3, 0.4) is 0 Å². The normalized spacial score (nSPS) is 17.4. The van der Waals surface area contributed by atoms with Crippen molar-refractivity contribution < 1.29 is 14.3 Å². The number of H-pyrrole nitrogens is 1. The predicted octanol–water partition coefficient (Wildman–Crippen LogP) is 3.58. The second kappa shape index (κ2) is 9.40. The molecule has 0 radical (unpaired) electrons. The van der Waals surface area contributed by atoms with E-state index in [0.29, 0.717) is 41.1 Å². The quantitative estimate of drug-likeness (QED) is 0.478. The topological polar surface area (TPSA) is 107 Å². The minimum Gasteiger partial charge on any atom is -0.478 e. The highest BCUT2D eigenvalue weighted by molar-refractivity contribution is 6.31. The van der Waals surface area contributed by atoms with Gasteiger partial charge in [0.25, 0.3) is 0 Å². The first-order valence-corrected chi connectivity index (χ1v) is 10.4. The molecule has 1 aliphatic heterocycles. The van der Waals surface area contributed by atoms with Crippen LogP contribution < -0.4 is 5.32 Å². The Balaban J connectivity index is 1.44. The lowest BCUT2D eigenvalue weighted by Gasteiger charge is -2.32.